The standard InChI is InChI=1S/C17H18Br2N4O3/c1-2-3-4-5-6-26-10-8-17-15(20-16(25)21-17)23-12(7-11(18)13(23)19)14(24)22(17)9-10/h1,7,10,15H,3-6,8-9H2,(H2,20,21,25)/t10-,15-,17+/m0/s1. The minimum Gasteiger partial charge on any atom is -0.376 e. The second kappa shape index (κ2) is 6.59. The van der Waals surface area contributed by atoms with Gasteiger partial charge >= 0.3 is 6.03 Å². The lowest BCUT2D eigenvalue weighted by atomic mass is 10.0. The van der Waals surface area contributed by atoms with Gasteiger partial charge in [0.2, 0.25) is 0 Å². The summed E-state index contributed by atoms with van der Waals surface area (Å²) < 4.78 is 9.32. The quantitative estimate of drug-likeness (QED) is 0.497. The van der Waals surface area contributed by atoms with Gasteiger partial charge in [-0.2, -0.15) is 0 Å². The molecule has 0 bridgehead atoms. The molecule has 1 spiro atoms. The molecular weight excluding hydrogens is 468 g/mol. The molecule has 0 aromatic carbocycles. The van der Waals surface area contributed by atoms with Gasteiger partial charge in [0.05, 0.1) is 10.6 Å². The van der Waals surface area contributed by atoms with Crippen LogP contribution in [0.2, 0.25) is 0 Å². The molecule has 4 heterocycles. The fourth-order valence-electron chi connectivity index (χ4n) is 4.07. The van der Waals surface area contributed by atoms with Gasteiger partial charge in [0.1, 0.15) is 10.3 Å². The first kappa shape index (κ1) is 17.9. The number of halogens is 2. The summed E-state index contributed by atoms with van der Waals surface area (Å²) >= 11 is 6.96. The first-order valence-electron chi connectivity index (χ1n) is 8.50. The van der Waals surface area contributed by atoms with Crippen molar-refractivity contribution in [2.45, 2.75) is 43.6 Å². The second-order valence-electron chi connectivity index (χ2n) is 6.74. The number of hydrogen-bond acceptors (Lipinski definition) is 3. The summed E-state index contributed by atoms with van der Waals surface area (Å²) in [5, 5.41) is 5.92. The van der Waals surface area contributed by atoms with Crippen molar-refractivity contribution in [3.63, 3.8) is 0 Å². The maximum absolute atomic E-state index is 13.1. The third-order valence-corrected chi connectivity index (χ3v) is 7.13. The van der Waals surface area contributed by atoms with Crippen LogP contribution in [-0.2, 0) is 4.74 Å². The van der Waals surface area contributed by atoms with E-state index in [-0.39, 0.29) is 18.0 Å². The van der Waals surface area contributed by atoms with Gasteiger partial charge in [-0.05, 0) is 50.8 Å². The van der Waals surface area contributed by atoms with E-state index in [2.05, 4.69) is 48.4 Å². The first-order valence-corrected chi connectivity index (χ1v) is 10.1. The molecule has 3 atom stereocenters. The van der Waals surface area contributed by atoms with E-state index in [0.29, 0.717) is 25.3 Å². The Morgan fingerprint density at radius 2 is 2.19 bits per heavy atom. The smallest absolute Gasteiger partial charge is 0.318 e. The minimum atomic E-state index is -0.814. The third kappa shape index (κ3) is 2.58. The average molecular weight is 486 g/mol. The zero-order chi connectivity index (χ0) is 18.5. The van der Waals surface area contributed by atoms with Crippen LogP contribution in [-0.4, -0.2) is 46.3 Å². The van der Waals surface area contributed by atoms with Gasteiger partial charge in [-0.15, -0.1) is 12.3 Å². The molecule has 1 aromatic heterocycles. The van der Waals surface area contributed by atoms with Gasteiger partial charge in [-0.25, -0.2) is 4.79 Å². The SMILES string of the molecule is C#CCCCCO[C@@H]1CN2C(=O)c3cc(Br)c(Br)n3[C@@H]3NC(=O)N[C@@]32C1. The number of amides is 3. The van der Waals surface area contributed by atoms with Crippen molar-refractivity contribution in [2.75, 3.05) is 13.2 Å². The van der Waals surface area contributed by atoms with E-state index < -0.39 is 11.8 Å². The molecule has 138 valence electrons. The van der Waals surface area contributed by atoms with Crippen molar-refractivity contribution in [1.29, 1.82) is 0 Å². The van der Waals surface area contributed by atoms with Crippen LogP contribution in [0, 0.1) is 12.3 Å². The van der Waals surface area contributed by atoms with Gasteiger partial charge in [0, 0.05) is 26.0 Å². The largest absolute Gasteiger partial charge is 0.376 e. The average Bonchev–Trinajstić information content (AvgIpc) is 3.22. The summed E-state index contributed by atoms with van der Waals surface area (Å²) in [5.74, 6) is 2.50. The molecule has 3 aliphatic rings. The number of carbonyl (C=O) groups is 2. The number of fused-ring (bicyclic) bond motifs is 2. The molecule has 2 fully saturated rings. The Bertz CT molecular complexity index is 818. The lowest BCUT2D eigenvalue weighted by molar-refractivity contribution is 0.0308. The van der Waals surface area contributed by atoms with E-state index in [1.807, 2.05) is 4.57 Å². The van der Waals surface area contributed by atoms with Crippen LogP contribution in [0.25, 0.3) is 0 Å². The normalized spacial score (nSPS) is 28.9. The predicted octanol–water partition coefficient (Wildman–Crippen LogP) is 2.57. The number of nitrogens with one attached hydrogen (secondary N) is 2. The molecule has 3 aliphatic heterocycles. The summed E-state index contributed by atoms with van der Waals surface area (Å²) in [6, 6.07) is 1.49. The highest BCUT2D eigenvalue weighted by atomic mass is 79.9. The number of ether oxygens (including phenoxy) is 1. The van der Waals surface area contributed by atoms with Crippen LogP contribution in [0.1, 0.15) is 42.3 Å². The molecule has 0 aliphatic carbocycles. The number of terminal acetylenes is 1. The Balaban J connectivity index is 1.59. The number of rotatable bonds is 5. The number of unbranched alkanes of at least 4 members (excludes halogenated alkanes) is 2. The second-order valence-corrected chi connectivity index (χ2v) is 8.34. The van der Waals surface area contributed by atoms with E-state index >= 15 is 0 Å². The predicted molar refractivity (Wildman–Crippen MR) is 101 cm³/mol. The van der Waals surface area contributed by atoms with Gasteiger partial charge < -0.3 is 24.8 Å². The monoisotopic (exact) mass is 484 g/mol. The van der Waals surface area contributed by atoms with Crippen molar-refractivity contribution in [3.8, 4) is 12.3 Å². The Morgan fingerprint density at radius 3 is 2.96 bits per heavy atom. The van der Waals surface area contributed by atoms with Gasteiger partial charge in [0.25, 0.3) is 5.91 Å². The molecule has 2 N–H and O–H groups in total. The Kier molecular flexibility index (Phi) is 4.53. The molecule has 1 aromatic rings. The van der Waals surface area contributed by atoms with Gasteiger partial charge in [0.15, 0.2) is 11.8 Å². The zero-order valence-electron chi connectivity index (χ0n) is 13.9. The Morgan fingerprint density at radius 1 is 1.38 bits per heavy atom. The first-order chi connectivity index (χ1) is 12.5. The third-order valence-electron chi connectivity index (χ3n) is 5.18. The highest BCUT2D eigenvalue weighted by molar-refractivity contribution is 9.13. The van der Waals surface area contributed by atoms with Crippen molar-refractivity contribution in [2.24, 2.45) is 0 Å². The maximum Gasteiger partial charge on any atom is 0.318 e. The summed E-state index contributed by atoms with van der Waals surface area (Å²) in [4.78, 5) is 27.0. The lowest BCUT2D eigenvalue weighted by Crippen LogP contribution is -2.62. The molecule has 9 heteroatoms. The van der Waals surface area contributed by atoms with E-state index in [1.54, 1.807) is 11.0 Å². The van der Waals surface area contributed by atoms with E-state index in [0.717, 1.165) is 28.3 Å². The van der Waals surface area contributed by atoms with Crippen LogP contribution < -0.4 is 10.6 Å². The fraction of sp³-hybridized carbons (Fsp3) is 0.529. The number of aromatic nitrogens is 1. The topological polar surface area (TPSA) is 75.6 Å². The molecule has 0 radical (unpaired) electrons. The van der Waals surface area contributed by atoms with Crippen LogP contribution in [0.4, 0.5) is 4.79 Å². The maximum atomic E-state index is 13.1. The van der Waals surface area contributed by atoms with E-state index in [1.165, 1.54) is 0 Å². The van der Waals surface area contributed by atoms with Crippen molar-refractivity contribution >= 4 is 43.8 Å². The number of nitrogens with zero attached hydrogens (tertiary/aromatic N) is 2. The van der Waals surface area contributed by atoms with Crippen LogP contribution in [0.3, 0.4) is 0 Å². The molecule has 4 rings (SSSR count). The molecule has 7 nitrogen and oxygen atoms in total. The molecular formula is C17H18Br2N4O3. The summed E-state index contributed by atoms with van der Waals surface area (Å²) in [5.41, 5.74) is -0.283. The molecule has 26 heavy (non-hydrogen) atoms. The summed E-state index contributed by atoms with van der Waals surface area (Å²) in [6.45, 7) is 1.05. The molecule has 2 saturated heterocycles. The molecule has 3 amide bonds. The van der Waals surface area contributed by atoms with Crippen LogP contribution in [0.5, 0.6) is 0 Å². The highest BCUT2D eigenvalue weighted by Gasteiger charge is 2.62. The highest BCUT2D eigenvalue weighted by Crippen LogP contribution is 2.47. The lowest BCUT2D eigenvalue weighted by Gasteiger charge is -2.43. The number of carbonyl (C=O) groups excluding carboxylic acids is 2. The van der Waals surface area contributed by atoms with Crippen LogP contribution in [0.15, 0.2) is 15.1 Å². The number of hydrogen-bond donors (Lipinski definition) is 2. The van der Waals surface area contributed by atoms with Crippen molar-refractivity contribution in [3.05, 3.63) is 20.8 Å². The summed E-state index contributed by atoms with van der Waals surface area (Å²) in [7, 11) is 0. The molecule has 0 saturated carbocycles. The number of urea groups is 1. The zero-order valence-corrected chi connectivity index (χ0v) is 17.1. The Hall–Kier alpha value is -1.50. The molecule has 0 unspecified atom stereocenters. The van der Waals surface area contributed by atoms with E-state index in [9.17, 15) is 9.59 Å². The van der Waals surface area contributed by atoms with Gasteiger partial charge in [-0.3, -0.25) is 4.79 Å². The minimum absolute atomic E-state index is 0.116. The van der Waals surface area contributed by atoms with Crippen molar-refractivity contribution < 1.29 is 14.3 Å². The van der Waals surface area contributed by atoms with Gasteiger partial charge in [-0.1, -0.05) is 0 Å². The fourth-order valence-corrected chi connectivity index (χ4v) is 4.99. The van der Waals surface area contributed by atoms with Crippen molar-refractivity contribution in [1.82, 2.24) is 20.1 Å². The Labute approximate surface area is 168 Å². The van der Waals surface area contributed by atoms with Crippen LogP contribution >= 0.6 is 31.9 Å². The van der Waals surface area contributed by atoms with E-state index in [4.69, 9.17) is 11.2 Å². The summed E-state index contributed by atoms with van der Waals surface area (Å²) in [6.07, 6.45) is 7.83.